The normalized spacial score (nSPS) is 27.6. The van der Waals surface area contributed by atoms with E-state index in [1.165, 1.54) is 19.4 Å². The highest BCUT2D eigenvalue weighted by Gasteiger charge is 2.35. The highest BCUT2D eigenvalue weighted by atomic mass is 16.4. The van der Waals surface area contributed by atoms with Gasteiger partial charge in [-0.05, 0) is 32.4 Å². The van der Waals surface area contributed by atoms with Crippen LogP contribution in [0.1, 0.15) is 25.5 Å². The third kappa shape index (κ3) is 2.29. The average molecular weight is 276 g/mol. The molecule has 20 heavy (non-hydrogen) atoms. The number of amidine groups is 1. The van der Waals surface area contributed by atoms with E-state index >= 15 is 0 Å². The fourth-order valence-electron chi connectivity index (χ4n) is 3.15. The van der Waals surface area contributed by atoms with Crippen LogP contribution in [0.2, 0.25) is 0 Å². The van der Waals surface area contributed by atoms with E-state index in [9.17, 15) is 0 Å². The van der Waals surface area contributed by atoms with Crippen molar-refractivity contribution in [3.63, 3.8) is 0 Å². The zero-order chi connectivity index (χ0) is 14.1. The first-order valence-electron chi connectivity index (χ1n) is 7.00. The molecule has 2 aliphatic heterocycles. The third-order valence-corrected chi connectivity index (χ3v) is 4.21. The molecule has 7 heteroatoms. The molecule has 0 aliphatic carbocycles. The van der Waals surface area contributed by atoms with Crippen molar-refractivity contribution in [3.05, 3.63) is 18.0 Å². The van der Waals surface area contributed by atoms with Gasteiger partial charge in [-0.25, -0.2) is 9.97 Å². The Kier molecular flexibility index (Phi) is 3.43. The Morgan fingerprint density at radius 1 is 1.50 bits per heavy atom. The van der Waals surface area contributed by atoms with Gasteiger partial charge in [0.1, 0.15) is 5.69 Å². The van der Waals surface area contributed by atoms with E-state index in [0.29, 0.717) is 23.7 Å². The number of nitrogens with zero attached hydrogens (tertiary/aromatic N) is 5. The second-order valence-electron chi connectivity index (χ2n) is 5.52. The second-order valence-corrected chi connectivity index (χ2v) is 5.52. The second kappa shape index (κ2) is 5.24. The number of piperazine rings is 1. The molecule has 0 aromatic carbocycles. The van der Waals surface area contributed by atoms with Crippen LogP contribution < -0.4 is 10.6 Å². The SMILES string of the molecule is CC1CN2CCCC2CN1c1nccc(/C(N)=N/O)n1. The highest BCUT2D eigenvalue weighted by molar-refractivity contribution is 5.95. The van der Waals surface area contributed by atoms with Crippen LogP contribution >= 0.6 is 0 Å². The van der Waals surface area contributed by atoms with Crippen molar-refractivity contribution in [2.75, 3.05) is 24.5 Å². The van der Waals surface area contributed by atoms with Gasteiger partial charge in [0.05, 0.1) is 0 Å². The van der Waals surface area contributed by atoms with Gasteiger partial charge < -0.3 is 15.8 Å². The van der Waals surface area contributed by atoms with Crippen molar-refractivity contribution in [1.82, 2.24) is 14.9 Å². The van der Waals surface area contributed by atoms with E-state index in [0.717, 1.165) is 13.1 Å². The van der Waals surface area contributed by atoms with Crippen LogP contribution in [0.25, 0.3) is 0 Å². The molecule has 0 radical (unpaired) electrons. The fourth-order valence-corrected chi connectivity index (χ4v) is 3.15. The van der Waals surface area contributed by atoms with Crippen LogP contribution in [-0.2, 0) is 0 Å². The lowest BCUT2D eigenvalue weighted by Crippen LogP contribution is -2.55. The summed E-state index contributed by atoms with van der Waals surface area (Å²) in [5.41, 5.74) is 6.05. The molecule has 108 valence electrons. The molecule has 2 fully saturated rings. The summed E-state index contributed by atoms with van der Waals surface area (Å²) >= 11 is 0. The number of hydrogen-bond donors (Lipinski definition) is 2. The lowest BCUT2D eigenvalue weighted by atomic mass is 10.1. The number of oxime groups is 1. The molecule has 0 saturated carbocycles. The van der Waals surface area contributed by atoms with Crippen molar-refractivity contribution in [2.45, 2.75) is 31.8 Å². The molecule has 2 saturated heterocycles. The Morgan fingerprint density at radius 2 is 2.35 bits per heavy atom. The molecule has 3 N–H and O–H groups in total. The van der Waals surface area contributed by atoms with E-state index in [4.69, 9.17) is 10.9 Å². The van der Waals surface area contributed by atoms with Gasteiger partial charge in [0.25, 0.3) is 0 Å². The summed E-state index contributed by atoms with van der Waals surface area (Å²) in [5, 5.41) is 11.7. The van der Waals surface area contributed by atoms with Gasteiger partial charge >= 0.3 is 0 Å². The summed E-state index contributed by atoms with van der Waals surface area (Å²) in [6.07, 6.45) is 4.17. The molecule has 1 aromatic rings. The summed E-state index contributed by atoms with van der Waals surface area (Å²) in [4.78, 5) is 13.5. The van der Waals surface area contributed by atoms with E-state index in [1.807, 2.05) is 0 Å². The number of anilines is 1. The Labute approximate surface area is 118 Å². The van der Waals surface area contributed by atoms with E-state index in [2.05, 4.69) is 31.8 Å². The van der Waals surface area contributed by atoms with Crippen molar-refractivity contribution in [2.24, 2.45) is 10.9 Å². The third-order valence-electron chi connectivity index (χ3n) is 4.21. The monoisotopic (exact) mass is 276 g/mol. The summed E-state index contributed by atoms with van der Waals surface area (Å²) < 4.78 is 0. The van der Waals surface area contributed by atoms with E-state index in [-0.39, 0.29) is 5.84 Å². The Morgan fingerprint density at radius 3 is 3.15 bits per heavy atom. The van der Waals surface area contributed by atoms with Crippen LogP contribution in [-0.4, -0.2) is 57.6 Å². The molecular formula is C13H20N6O. The van der Waals surface area contributed by atoms with Gasteiger partial charge in [0.15, 0.2) is 5.84 Å². The van der Waals surface area contributed by atoms with Crippen LogP contribution in [0.4, 0.5) is 5.95 Å². The van der Waals surface area contributed by atoms with Gasteiger partial charge in [-0.1, -0.05) is 5.16 Å². The molecule has 0 bridgehead atoms. The molecule has 7 nitrogen and oxygen atoms in total. The minimum absolute atomic E-state index is 0.0146. The molecule has 2 aliphatic rings. The quantitative estimate of drug-likeness (QED) is 0.348. The first kappa shape index (κ1) is 13.1. The first-order valence-corrected chi connectivity index (χ1v) is 7.00. The zero-order valence-corrected chi connectivity index (χ0v) is 11.6. The van der Waals surface area contributed by atoms with Gasteiger partial charge in [0, 0.05) is 31.4 Å². The minimum atomic E-state index is 0.0146. The molecular weight excluding hydrogens is 256 g/mol. The maximum atomic E-state index is 8.75. The first-order chi connectivity index (χ1) is 9.69. The number of aromatic nitrogens is 2. The predicted octanol–water partition coefficient (Wildman–Crippen LogP) is 0.244. The fraction of sp³-hybridized carbons (Fsp3) is 0.615. The molecule has 2 unspecified atom stereocenters. The van der Waals surface area contributed by atoms with Crippen LogP contribution in [0.5, 0.6) is 0 Å². The minimum Gasteiger partial charge on any atom is -0.409 e. The van der Waals surface area contributed by atoms with Crippen LogP contribution in [0, 0.1) is 0 Å². The number of fused-ring (bicyclic) bond motifs is 1. The lowest BCUT2D eigenvalue weighted by Gasteiger charge is -2.42. The average Bonchev–Trinajstić information content (AvgIpc) is 2.92. The summed E-state index contributed by atoms with van der Waals surface area (Å²) in [5.74, 6) is 0.675. The van der Waals surface area contributed by atoms with Crippen molar-refractivity contribution < 1.29 is 5.21 Å². The molecule has 2 atom stereocenters. The molecule has 0 spiro atoms. The summed E-state index contributed by atoms with van der Waals surface area (Å²) in [6, 6.07) is 2.61. The summed E-state index contributed by atoms with van der Waals surface area (Å²) in [7, 11) is 0. The smallest absolute Gasteiger partial charge is 0.226 e. The van der Waals surface area contributed by atoms with Crippen molar-refractivity contribution in [3.8, 4) is 0 Å². The predicted molar refractivity (Wildman–Crippen MR) is 75.9 cm³/mol. The number of nitrogens with two attached hydrogens (primary N) is 1. The van der Waals surface area contributed by atoms with Crippen molar-refractivity contribution >= 4 is 11.8 Å². The number of hydrogen-bond acceptors (Lipinski definition) is 6. The van der Waals surface area contributed by atoms with Crippen LogP contribution in [0.15, 0.2) is 17.4 Å². The Balaban J connectivity index is 1.84. The van der Waals surface area contributed by atoms with Gasteiger partial charge in [-0.3, -0.25) is 4.90 Å². The molecule has 3 heterocycles. The lowest BCUT2D eigenvalue weighted by molar-refractivity contribution is 0.201. The summed E-state index contributed by atoms with van der Waals surface area (Å²) in [6.45, 7) is 5.38. The van der Waals surface area contributed by atoms with Gasteiger partial charge in [-0.2, -0.15) is 0 Å². The zero-order valence-electron chi connectivity index (χ0n) is 11.6. The van der Waals surface area contributed by atoms with Gasteiger partial charge in [0.2, 0.25) is 5.95 Å². The molecule has 0 amide bonds. The van der Waals surface area contributed by atoms with E-state index in [1.54, 1.807) is 12.3 Å². The van der Waals surface area contributed by atoms with E-state index < -0.39 is 0 Å². The largest absolute Gasteiger partial charge is 0.409 e. The van der Waals surface area contributed by atoms with Crippen LogP contribution in [0.3, 0.4) is 0 Å². The standard InChI is InChI=1S/C13H20N6O/c1-9-7-18-6-2-3-10(18)8-19(9)13-15-5-4-11(16-13)12(14)17-20/h4-5,9-10,20H,2-3,6-8H2,1H3,(H2,14,17). The molecule has 1 aromatic heterocycles. The van der Waals surface area contributed by atoms with Gasteiger partial charge in [-0.15, -0.1) is 0 Å². The Hall–Kier alpha value is -1.89. The topological polar surface area (TPSA) is 90.9 Å². The maximum absolute atomic E-state index is 8.75. The Bertz CT molecular complexity index is 519. The van der Waals surface area contributed by atoms with Crippen molar-refractivity contribution in [1.29, 1.82) is 0 Å². The maximum Gasteiger partial charge on any atom is 0.226 e. The molecule has 3 rings (SSSR count). The number of rotatable bonds is 2. The highest BCUT2D eigenvalue weighted by Crippen LogP contribution is 2.26.